The van der Waals surface area contributed by atoms with Gasteiger partial charge in [0.25, 0.3) is 5.56 Å². The summed E-state index contributed by atoms with van der Waals surface area (Å²) in [5.74, 6) is 0.638. The molecule has 1 aromatic carbocycles. The fourth-order valence-electron chi connectivity index (χ4n) is 2.89. The molecule has 0 fully saturated rings. The molecule has 8 heteroatoms. The highest BCUT2D eigenvalue weighted by Gasteiger charge is 2.22. The van der Waals surface area contributed by atoms with Crippen LogP contribution >= 0.6 is 0 Å². The lowest BCUT2D eigenvalue weighted by Crippen LogP contribution is -2.26. The van der Waals surface area contributed by atoms with Gasteiger partial charge in [0.05, 0.1) is 0 Å². The van der Waals surface area contributed by atoms with Gasteiger partial charge in [0.2, 0.25) is 10.0 Å². The Labute approximate surface area is 152 Å². The van der Waals surface area contributed by atoms with Crippen LogP contribution in [0.3, 0.4) is 0 Å². The average Bonchev–Trinajstić information content (AvgIpc) is 3.09. The van der Waals surface area contributed by atoms with E-state index in [0.29, 0.717) is 24.3 Å². The standard InChI is InChI=1S/C18H22N4O3S/c1-4-17-19-22(5-2)18(23)16-11-15(12-21(16)17)26(24,25)20-13(3)14-9-7-6-8-10-14/h6-13,20H,4-5H2,1-3H3. The van der Waals surface area contributed by atoms with Crippen molar-refractivity contribution in [3.8, 4) is 0 Å². The molecule has 7 nitrogen and oxygen atoms in total. The largest absolute Gasteiger partial charge is 0.297 e. The minimum absolute atomic E-state index is 0.0581. The van der Waals surface area contributed by atoms with E-state index in [1.165, 1.54) is 16.9 Å². The van der Waals surface area contributed by atoms with E-state index in [4.69, 9.17) is 0 Å². The first-order valence-corrected chi connectivity index (χ1v) is 10.0. The van der Waals surface area contributed by atoms with Gasteiger partial charge in [-0.05, 0) is 25.5 Å². The van der Waals surface area contributed by atoms with Crippen molar-refractivity contribution in [3.05, 3.63) is 64.3 Å². The van der Waals surface area contributed by atoms with Crippen LogP contribution in [0.5, 0.6) is 0 Å². The number of sulfonamides is 1. The number of benzene rings is 1. The number of hydrogen-bond donors (Lipinski definition) is 1. The molecule has 1 N–H and O–H groups in total. The maximum Gasteiger partial charge on any atom is 0.291 e. The van der Waals surface area contributed by atoms with Crippen molar-refractivity contribution < 1.29 is 8.42 Å². The zero-order valence-electron chi connectivity index (χ0n) is 15.0. The first kappa shape index (κ1) is 18.3. The summed E-state index contributed by atoms with van der Waals surface area (Å²) in [6, 6.07) is 10.3. The Kier molecular flexibility index (Phi) is 4.97. The van der Waals surface area contributed by atoms with E-state index in [0.717, 1.165) is 5.56 Å². The van der Waals surface area contributed by atoms with E-state index in [9.17, 15) is 13.2 Å². The second kappa shape index (κ2) is 7.05. The summed E-state index contributed by atoms with van der Waals surface area (Å²) in [6.07, 6.45) is 2.04. The molecule has 2 heterocycles. The first-order chi connectivity index (χ1) is 12.4. The predicted octanol–water partition coefficient (Wildman–Crippen LogP) is 2.12. The number of aromatic nitrogens is 3. The van der Waals surface area contributed by atoms with E-state index < -0.39 is 10.0 Å². The van der Waals surface area contributed by atoms with Crippen LogP contribution in [-0.2, 0) is 23.0 Å². The van der Waals surface area contributed by atoms with Gasteiger partial charge >= 0.3 is 0 Å². The van der Waals surface area contributed by atoms with Crippen molar-refractivity contribution in [2.45, 2.75) is 44.7 Å². The van der Waals surface area contributed by atoms with Gasteiger partial charge in [0, 0.05) is 25.2 Å². The van der Waals surface area contributed by atoms with Gasteiger partial charge in [-0.15, -0.1) is 0 Å². The second-order valence-corrected chi connectivity index (χ2v) is 7.79. The number of fused-ring (bicyclic) bond motifs is 1. The van der Waals surface area contributed by atoms with Crippen LogP contribution in [0, 0.1) is 0 Å². The molecule has 0 aliphatic carbocycles. The molecule has 0 saturated carbocycles. The van der Waals surface area contributed by atoms with Gasteiger partial charge < -0.3 is 0 Å². The van der Waals surface area contributed by atoms with Gasteiger partial charge in [0.15, 0.2) is 0 Å². The summed E-state index contributed by atoms with van der Waals surface area (Å²) < 4.78 is 31.2. The van der Waals surface area contributed by atoms with Crippen molar-refractivity contribution in [2.75, 3.05) is 0 Å². The molecule has 0 saturated heterocycles. The fourth-order valence-corrected chi connectivity index (χ4v) is 4.14. The lowest BCUT2D eigenvalue weighted by Gasteiger charge is -2.13. The molecule has 1 atom stereocenters. The van der Waals surface area contributed by atoms with Crippen LogP contribution in [0.1, 0.15) is 38.2 Å². The summed E-state index contributed by atoms with van der Waals surface area (Å²) in [6.45, 7) is 5.95. The van der Waals surface area contributed by atoms with Crippen molar-refractivity contribution in [1.29, 1.82) is 0 Å². The molecule has 2 aromatic heterocycles. The molecule has 1 unspecified atom stereocenters. The molecule has 0 spiro atoms. The van der Waals surface area contributed by atoms with Gasteiger partial charge in [0.1, 0.15) is 16.2 Å². The zero-order chi connectivity index (χ0) is 18.9. The Morgan fingerprint density at radius 3 is 2.50 bits per heavy atom. The zero-order valence-corrected chi connectivity index (χ0v) is 15.8. The summed E-state index contributed by atoms with van der Waals surface area (Å²) in [4.78, 5) is 12.5. The lowest BCUT2D eigenvalue weighted by molar-refractivity contribution is 0.566. The second-order valence-electron chi connectivity index (χ2n) is 6.08. The van der Waals surface area contributed by atoms with E-state index in [-0.39, 0.29) is 16.5 Å². The molecule has 0 aliphatic rings. The van der Waals surface area contributed by atoms with Crippen LogP contribution in [0.15, 0.2) is 52.3 Å². The van der Waals surface area contributed by atoms with Crippen molar-refractivity contribution in [1.82, 2.24) is 18.9 Å². The van der Waals surface area contributed by atoms with E-state index in [1.54, 1.807) is 11.3 Å². The molecule has 26 heavy (non-hydrogen) atoms. The third-order valence-electron chi connectivity index (χ3n) is 4.32. The number of nitrogens with one attached hydrogen (secondary N) is 1. The highest BCUT2D eigenvalue weighted by Crippen LogP contribution is 2.19. The minimum atomic E-state index is -3.78. The molecule has 0 aliphatic heterocycles. The van der Waals surface area contributed by atoms with Crippen molar-refractivity contribution in [2.24, 2.45) is 0 Å². The molecular formula is C18H22N4O3S. The third kappa shape index (κ3) is 3.30. The fraction of sp³-hybridized carbons (Fsp3) is 0.333. The average molecular weight is 374 g/mol. The van der Waals surface area contributed by atoms with Gasteiger partial charge in [-0.1, -0.05) is 37.3 Å². The number of hydrogen-bond acceptors (Lipinski definition) is 4. The summed E-state index contributed by atoms with van der Waals surface area (Å²) in [7, 11) is -3.78. The molecule has 138 valence electrons. The highest BCUT2D eigenvalue weighted by molar-refractivity contribution is 7.89. The Morgan fingerprint density at radius 2 is 1.88 bits per heavy atom. The lowest BCUT2D eigenvalue weighted by atomic mass is 10.1. The Bertz CT molecular complexity index is 1080. The maximum absolute atomic E-state index is 12.8. The SMILES string of the molecule is CCc1nn(CC)c(=O)c2cc(S(=O)(=O)NC(C)c3ccccc3)cn12. The minimum Gasteiger partial charge on any atom is -0.297 e. The highest BCUT2D eigenvalue weighted by atomic mass is 32.2. The van der Waals surface area contributed by atoms with Gasteiger partial charge in [-0.2, -0.15) is 5.10 Å². The van der Waals surface area contributed by atoms with Crippen molar-refractivity contribution in [3.63, 3.8) is 0 Å². The van der Waals surface area contributed by atoms with Crippen LogP contribution in [-0.4, -0.2) is 22.6 Å². The smallest absolute Gasteiger partial charge is 0.291 e. The maximum atomic E-state index is 12.8. The topological polar surface area (TPSA) is 85.5 Å². The summed E-state index contributed by atoms with van der Waals surface area (Å²) in [5, 5.41) is 4.29. The summed E-state index contributed by atoms with van der Waals surface area (Å²) >= 11 is 0. The van der Waals surface area contributed by atoms with E-state index >= 15 is 0 Å². The van der Waals surface area contributed by atoms with Crippen molar-refractivity contribution >= 4 is 15.5 Å². The monoisotopic (exact) mass is 374 g/mol. The number of aryl methyl sites for hydroxylation is 2. The first-order valence-electron chi connectivity index (χ1n) is 8.56. The third-order valence-corrected chi connectivity index (χ3v) is 5.83. The molecule has 0 bridgehead atoms. The normalized spacial score (nSPS) is 13.2. The van der Waals surface area contributed by atoms with E-state index in [2.05, 4.69) is 9.82 Å². The quantitative estimate of drug-likeness (QED) is 0.716. The molecule has 0 radical (unpaired) electrons. The van der Waals surface area contributed by atoms with Gasteiger partial charge in [-0.25, -0.2) is 17.8 Å². The number of nitrogens with zero attached hydrogens (tertiary/aromatic N) is 3. The van der Waals surface area contributed by atoms with Gasteiger partial charge in [-0.3, -0.25) is 9.20 Å². The van der Waals surface area contributed by atoms with Crippen LogP contribution in [0.4, 0.5) is 0 Å². The molecular weight excluding hydrogens is 352 g/mol. The predicted molar refractivity (Wildman–Crippen MR) is 99.7 cm³/mol. The molecule has 3 aromatic rings. The van der Waals surface area contributed by atoms with Crippen LogP contribution in [0.2, 0.25) is 0 Å². The Morgan fingerprint density at radius 1 is 1.19 bits per heavy atom. The van der Waals surface area contributed by atoms with Crippen LogP contribution < -0.4 is 10.3 Å². The summed E-state index contributed by atoms with van der Waals surface area (Å²) in [5.41, 5.74) is 0.873. The Balaban J connectivity index is 2.04. The number of rotatable bonds is 6. The van der Waals surface area contributed by atoms with Crippen LogP contribution in [0.25, 0.3) is 5.52 Å². The molecule has 0 amide bonds. The molecule has 3 rings (SSSR count). The van der Waals surface area contributed by atoms with E-state index in [1.807, 2.05) is 44.2 Å². The Hall–Kier alpha value is -2.45.